The van der Waals surface area contributed by atoms with Crippen molar-refractivity contribution in [2.45, 2.75) is 33.0 Å². The number of hydrogen-bond acceptors (Lipinski definition) is 2. The second-order valence-corrected chi connectivity index (χ2v) is 4.73. The highest BCUT2D eigenvalue weighted by atomic mass is 35.5. The Morgan fingerprint density at radius 2 is 1.71 bits per heavy atom. The predicted molar refractivity (Wildman–Crippen MR) is 70.8 cm³/mol. The van der Waals surface area contributed by atoms with Crippen LogP contribution in [0.25, 0.3) is 0 Å². The van der Waals surface area contributed by atoms with Crippen LogP contribution in [0.15, 0.2) is 24.3 Å². The summed E-state index contributed by atoms with van der Waals surface area (Å²) in [6.45, 7) is 5.36. The molecule has 0 fully saturated rings. The van der Waals surface area contributed by atoms with Gasteiger partial charge in [-0.05, 0) is 17.0 Å². The Bertz CT molecular complexity index is 381. The number of benzene rings is 1. The van der Waals surface area contributed by atoms with Crippen LogP contribution >= 0.6 is 12.4 Å². The lowest BCUT2D eigenvalue weighted by molar-refractivity contribution is -0.134. The average molecular weight is 255 g/mol. The lowest BCUT2D eigenvalue weighted by Gasteiger charge is -2.22. The topological polar surface area (TPSA) is 46.3 Å². The lowest BCUT2D eigenvalue weighted by atomic mass is 10.0. The van der Waals surface area contributed by atoms with Crippen LogP contribution in [0.4, 0.5) is 0 Å². The van der Waals surface area contributed by atoms with Crippen molar-refractivity contribution in [1.82, 2.24) is 4.90 Å². The third-order valence-electron chi connectivity index (χ3n) is 3.16. The van der Waals surface area contributed by atoms with Gasteiger partial charge in [-0.3, -0.25) is 4.79 Å². The Balaban J connectivity index is 0.00000144. The van der Waals surface area contributed by atoms with Gasteiger partial charge in [0.15, 0.2) is 0 Å². The van der Waals surface area contributed by atoms with E-state index in [0.29, 0.717) is 13.1 Å². The highest BCUT2D eigenvalue weighted by Gasteiger charge is 2.28. The molecule has 4 heteroatoms. The molecule has 0 saturated carbocycles. The number of halogens is 1. The van der Waals surface area contributed by atoms with E-state index >= 15 is 0 Å². The van der Waals surface area contributed by atoms with Crippen molar-refractivity contribution in [3.05, 3.63) is 35.4 Å². The van der Waals surface area contributed by atoms with Crippen molar-refractivity contribution >= 4 is 18.3 Å². The van der Waals surface area contributed by atoms with Gasteiger partial charge in [0.25, 0.3) is 0 Å². The van der Waals surface area contributed by atoms with Gasteiger partial charge >= 0.3 is 0 Å². The van der Waals surface area contributed by atoms with Crippen molar-refractivity contribution in [2.75, 3.05) is 0 Å². The molecule has 3 nitrogen and oxygen atoms in total. The van der Waals surface area contributed by atoms with E-state index in [-0.39, 0.29) is 30.3 Å². The molecule has 1 aliphatic heterocycles. The number of carbonyl (C=O) groups is 1. The van der Waals surface area contributed by atoms with Crippen LogP contribution in [0.1, 0.15) is 25.0 Å². The first-order valence-corrected chi connectivity index (χ1v) is 5.70. The van der Waals surface area contributed by atoms with E-state index in [1.807, 2.05) is 30.9 Å². The maximum atomic E-state index is 12.1. The van der Waals surface area contributed by atoms with Gasteiger partial charge in [-0.15, -0.1) is 12.4 Å². The molecule has 94 valence electrons. The number of fused-ring (bicyclic) bond motifs is 1. The first-order valence-electron chi connectivity index (χ1n) is 5.70. The maximum absolute atomic E-state index is 12.1. The fourth-order valence-electron chi connectivity index (χ4n) is 1.98. The van der Waals surface area contributed by atoms with Gasteiger partial charge in [-0.1, -0.05) is 38.1 Å². The first kappa shape index (κ1) is 14.0. The summed E-state index contributed by atoms with van der Waals surface area (Å²) in [6, 6.07) is 7.78. The summed E-state index contributed by atoms with van der Waals surface area (Å²) < 4.78 is 0. The molecule has 1 aromatic rings. The van der Waals surface area contributed by atoms with Gasteiger partial charge in [0.1, 0.15) is 0 Å². The van der Waals surface area contributed by atoms with E-state index in [1.54, 1.807) is 0 Å². The number of rotatable bonds is 2. The summed E-state index contributed by atoms with van der Waals surface area (Å²) in [4.78, 5) is 13.9. The van der Waals surface area contributed by atoms with E-state index in [4.69, 9.17) is 5.73 Å². The minimum absolute atomic E-state index is 0. The van der Waals surface area contributed by atoms with Gasteiger partial charge in [-0.25, -0.2) is 0 Å². The van der Waals surface area contributed by atoms with E-state index < -0.39 is 0 Å². The van der Waals surface area contributed by atoms with Crippen molar-refractivity contribution in [3.8, 4) is 0 Å². The normalized spacial score (nSPS) is 15.4. The van der Waals surface area contributed by atoms with Crippen LogP contribution in [0, 0.1) is 5.92 Å². The number of nitrogens with zero attached hydrogens (tertiary/aromatic N) is 1. The van der Waals surface area contributed by atoms with Crippen LogP contribution in [0.3, 0.4) is 0 Å². The van der Waals surface area contributed by atoms with Crippen LogP contribution < -0.4 is 5.73 Å². The summed E-state index contributed by atoms with van der Waals surface area (Å²) in [6.07, 6.45) is 0. The molecule has 0 unspecified atom stereocenters. The van der Waals surface area contributed by atoms with Crippen LogP contribution in [-0.4, -0.2) is 16.8 Å². The van der Waals surface area contributed by atoms with Gasteiger partial charge in [0.2, 0.25) is 5.91 Å². The Kier molecular flexibility index (Phi) is 4.54. The van der Waals surface area contributed by atoms with Gasteiger partial charge in [0, 0.05) is 13.1 Å². The smallest absolute Gasteiger partial charge is 0.240 e. The second-order valence-electron chi connectivity index (χ2n) is 4.73. The molecule has 1 atom stereocenters. The Morgan fingerprint density at radius 3 is 2.12 bits per heavy atom. The highest BCUT2D eigenvalue weighted by Crippen LogP contribution is 2.23. The third kappa shape index (κ3) is 2.79. The van der Waals surface area contributed by atoms with Gasteiger partial charge < -0.3 is 10.6 Å². The van der Waals surface area contributed by atoms with E-state index in [2.05, 4.69) is 12.1 Å². The molecule has 2 N–H and O–H groups in total. The van der Waals surface area contributed by atoms with Crippen molar-refractivity contribution in [1.29, 1.82) is 0 Å². The Morgan fingerprint density at radius 1 is 1.24 bits per heavy atom. The molecule has 0 bridgehead atoms. The fraction of sp³-hybridized carbons (Fsp3) is 0.462. The van der Waals surface area contributed by atoms with Crippen molar-refractivity contribution in [3.63, 3.8) is 0 Å². The number of amides is 1. The van der Waals surface area contributed by atoms with Gasteiger partial charge in [0.05, 0.1) is 6.04 Å². The molecular formula is C13H19ClN2O. The maximum Gasteiger partial charge on any atom is 0.240 e. The zero-order valence-electron chi connectivity index (χ0n) is 10.2. The monoisotopic (exact) mass is 254 g/mol. The van der Waals surface area contributed by atoms with E-state index in [9.17, 15) is 4.79 Å². The molecular weight excluding hydrogens is 236 g/mol. The molecule has 17 heavy (non-hydrogen) atoms. The summed E-state index contributed by atoms with van der Waals surface area (Å²) >= 11 is 0. The standard InChI is InChI=1S/C13H18N2O.ClH/c1-9(2)12(14)13(16)15-7-10-5-3-4-6-11(10)8-15;/h3-6,9,12H,7-8,14H2,1-2H3;1H/t12-;/m0./s1. The quantitative estimate of drug-likeness (QED) is 0.877. The van der Waals surface area contributed by atoms with E-state index in [0.717, 1.165) is 0 Å². The van der Waals surface area contributed by atoms with Crippen LogP contribution in [0.2, 0.25) is 0 Å². The molecule has 2 rings (SSSR count). The summed E-state index contributed by atoms with van der Waals surface area (Å²) in [5, 5.41) is 0. The first-order chi connectivity index (χ1) is 7.59. The largest absolute Gasteiger partial charge is 0.333 e. The molecule has 0 aliphatic carbocycles. The van der Waals surface area contributed by atoms with Crippen molar-refractivity contribution < 1.29 is 4.79 Å². The SMILES string of the molecule is CC(C)[C@H](N)C(=O)N1Cc2ccccc2C1.Cl. The summed E-state index contributed by atoms with van der Waals surface area (Å²) in [7, 11) is 0. The molecule has 0 spiro atoms. The lowest BCUT2D eigenvalue weighted by Crippen LogP contribution is -2.44. The average Bonchev–Trinajstić information content (AvgIpc) is 2.70. The fourth-order valence-corrected chi connectivity index (χ4v) is 1.98. The Labute approximate surface area is 108 Å². The molecule has 1 amide bonds. The summed E-state index contributed by atoms with van der Waals surface area (Å²) in [5.74, 6) is 0.252. The highest BCUT2D eigenvalue weighted by molar-refractivity contribution is 5.85. The number of hydrogen-bond donors (Lipinski definition) is 1. The molecule has 0 saturated heterocycles. The minimum atomic E-state index is -0.380. The second kappa shape index (κ2) is 5.52. The van der Waals surface area contributed by atoms with E-state index in [1.165, 1.54) is 11.1 Å². The Hall–Kier alpha value is -1.06. The number of carbonyl (C=O) groups excluding carboxylic acids is 1. The minimum Gasteiger partial charge on any atom is -0.333 e. The van der Waals surface area contributed by atoms with Crippen LogP contribution in [0.5, 0.6) is 0 Å². The van der Waals surface area contributed by atoms with Crippen LogP contribution in [-0.2, 0) is 17.9 Å². The zero-order valence-corrected chi connectivity index (χ0v) is 11.0. The number of nitrogens with two attached hydrogens (primary N) is 1. The summed E-state index contributed by atoms with van der Waals surface area (Å²) in [5.41, 5.74) is 8.37. The molecule has 0 aromatic heterocycles. The molecule has 1 aliphatic rings. The molecule has 0 radical (unpaired) electrons. The molecule has 1 heterocycles. The molecule has 1 aromatic carbocycles. The zero-order chi connectivity index (χ0) is 11.7. The predicted octanol–water partition coefficient (Wildman–Crippen LogP) is 1.93. The van der Waals surface area contributed by atoms with Gasteiger partial charge in [-0.2, -0.15) is 0 Å². The third-order valence-corrected chi connectivity index (χ3v) is 3.16. The van der Waals surface area contributed by atoms with Crippen molar-refractivity contribution in [2.24, 2.45) is 11.7 Å².